The lowest BCUT2D eigenvalue weighted by atomic mass is 9.58. The number of benzene rings is 1. The van der Waals surface area contributed by atoms with Crippen LogP contribution in [0.1, 0.15) is 51.7 Å². The van der Waals surface area contributed by atoms with Crippen LogP contribution in [0.15, 0.2) is 18.2 Å². The van der Waals surface area contributed by atoms with Crippen molar-refractivity contribution in [3.8, 4) is 0 Å². The maximum atomic E-state index is 6.00. The SMILES string of the molecule is [B]c1ccc2c(c1)C(C(C)C)(C(C)C)CCC2. The van der Waals surface area contributed by atoms with E-state index >= 15 is 0 Å². The van der Waals surface area contributed by atoms with Crippen molar-refractivity contribution >= 4 is 13.3 Å². The molecule has 1 heteroatoms. The van der Waals surface area contributed by atoms with Crippen LogP contribution < -0.4 is 5.46 Å². The molecule has 0 nitrogen and oxygen atoms in total. The molecular weight excluding hydrogens is 203 g/mol. The summed E-state index contributed by atoms with van der Waals surface area (Å²) in [6.07, 6.45) is 3.84. The molecule has 1 aliphatic carbocycles. The standard InChI is InChI=1S/C16H23B/c1-11(2)16(12(3)4)9-5-6-13-7-8-14(17)10-15(13)16/h7-8,10-12H,5-6,9H2,1-4H3. The molecule has 1 aromatic rings. The Morgan fingerprint density at radius 3 is 2.35 bits per heavy atom. The molecule has 0 saturated carbocycles. The first-order valence-corrected chi connectivity index (χ1v) is 6.87. The minimum Gasteiger partial charge on any atom is -0.0964 e. The van der Waals surface area contributed by atoms with Gasteiger partial charge in [0.1, 0.15) is 7.85 Å². The zero-order valence-electron chi connectivity index (χ0n) is 11.6. The van der Waals surface area contributed by atoms with Gasteiger partial charge in [0.05, 0.1) is 0 Å². The normalized spacial score (nSPS) is 18.5. The molecule has 0 spiro atoms. The van der Waals surface area contributed by atoms with Crippen LogP contribution in [-0.4, -0.2) is 7.85 Å². The average molecular weight is 226 g/mol. The Hall–Kier alpha value is -0.715. The molecular formula is C16H23B. The minimum absolute atomic E-state index is 0.322. The van der Waals surface area contributed by atoms with Gasteiger partial charge in [0.25, 0.3) is 0 Å². The van der Waals surface area contributed by atoms with Crippen molar-refractivity contribution in [1.29, 1.82) is 0 Å². The number of hydrogen-bond acceptors (Lipinski definition) is 0. The molecule has 0 aromatic heterocycles. The fourth-order valence-electron chi connectivity index (χ4n) is 3.82. The third kappa shape index (κ3) is 1.94. The Morgan fingerprint density at radius 2 is 1.76 bits per heavy atom. The second-order valence-electron chi connectivity index (χ2n) is 6.12. The first-order valence-electron chi connectivity index (χ1n) is 6.87. The molecule has 1 aromatic carbocycles. The van der Waals surface area contributed by atoms with Crippen LogP contribution in [-0.2, 0) is 11.8 Å². The van der Waals surface area contributed by atoms with Gasteiger partial charge in [-0.2, -0.15) is 0 Å². The van der Waals surface area contributed by atoms with Crippen LogP contribution in [0.25, 0.3) is 0 Å². The summed E-state index contributed by atoms with van der Waals surface area (Å²) in [6, 6.07) is 6.52. The molecule has 1 aliphatic rings. The zero-order chi connectivity index (χ0) is 12.6. The molecule has 2 radical (unpaired) electrons. The maximum Gasteiger partial charge on any atom is 0.113 e. The molecule has 0 N–H and O–H groups in total. The van der Waals surface area contributed by atoms with Crippen molar-refractivity contribution in [3.05, 3.63) is 29.3 Å². The van der Waals surface area contributed by atoms with Crippen molar-refractivity contribution in [2.24, 2.45) is 11.8 Å². The van der Waals surface area contributed by atoms with Gasteiger partial charge in [-0.3, -0.25) is 0 Å². The van der Waals surface area contributed by atoms with Crippen LogP contribution >= 0.6 is 0 Å². The summed E-state index contributed by atoms with van der Waals surface area (Å²) in [5.74, 6) is 1.34. The van der Waals surface area contributed by atoms with Crippen molar-refractivity contribution < 1.29 is 0 Å². The van der Waals surface area contributed by atoms with E-state index in [9.17, 15) is 0 Å². The van der Waals surface area contributed by atoms with Gasteiger partial charge >= 0.3 is 0 Å². The predicted octanol–water partition coefficient (Wildman–Crippen LogP) is 3.37. The highest BCUT2D eigenvalue weighted by Gasteiger charge is 2.41. The van der Waals surface area contributed by atoms with E-state index in [1.807, 2.05) is 0 Å². The van der Waals surface area contributed by atoms with Gasteiger partial charge in [-0.05, 0) is 42.2 Å². The summed E-state index contributed by atoms with van der Waals surface area (Å²) < 4.78 is 0. The summed E-state index contributed by atoms with van der Waals surface area (Å²) in [5, 5.41) is 0. The van der Waals surface area contributed by atoms with Gasteiger partial charge in [-0.1, -0.05) is 51.4 Å². The highest BCUT2D eigenvalue weighted by molar-refractivity contribution is 6.32. The highest BCUT2D eigenvalue weighted by atomic mass is 14.5. The first kappa shape index (κ1) is 12.7. The van der Waals surface area contributed by atoms with Gasteiger partial charge in [-0.25, -0.2) is 0 Å². The molecule has 0 atom stereocenters. The summed E-state index contributed by atoms with van der Waals surface area (Å²) in [4.78, 5) is 0. The van der Waals surface area contributed by atoms with Crippen LogP contribution in [0.5, 0.6) is 0 Å². The van der Waals surface area contributed by atoms with Gasteiger partial charge in [0, 0.05) is 5.41 Å². The largest absolute Gasteiger partial charge is 0.113 e. The second-order valence-corrected chi connectivity index (χ2v) is 6.12. The maximum absolute atomic E-state index is 6.00. The van der Waals surface area contributed by atoms with Crippen LogP contribution in [0.3, 0.4) is 0 Å². The first-order chi connectivity index (χ1) is 7.98. The van der Waals surface area contributed by atoms with E-state index < -0.39 is 0 Å². The number of aryl methyl sites for hydroxylation is 1. The number of hydrogen-bond donors (Lipinski definition) is 0. The number of fused-ring (bicyclic) bond motifs is 1. The van der Waals surface area contributed by atoms with Crippen LogP contribution in [0.4, 0.5) is 0 Å². The topological polar surface area (TPSA) is 0 Å². The molecule has 2 rings (SSSR count). The Balaban J connectivity index is 2.61. The molecule has 0 bridgehead atoms. The smallest absolute Gasteiger partial charge is 0.0964 e. The predicted molar refractivity (Wildman–Crippen MR) is 76.1 cm³/mol. The molecule has 90 valence electrons. The summed E-state index contributed by atoms with van der Waals surface area (Å²) in [5.41, 5.74) is 4.28. The van der Waals surface area contributed by atoms with Crippen molar-refractivity contribution in [2.45, 2.75) is 52.4 Å². The molecule has 0 heterocycles. The minimum atomic E-state index is 0.322. The van der Waals surface area contributed by atoms with E-state index in [0.717, 1.165) is 5.46 Å². The Bertz CT molecular complexity index is 396. The molecule has 0 aliphatic heterocycles. The summed E-state index contributed by atoms with van der Waals surface area (Å²) in [6.45, 7) is 9.44. The quantitative estimate of drug-likeness (QED) is 0.678. The molecule has 17 heavy (non-hydrogen) atoms. The highest BCUT2D eigenvalue weighted by Crippen LogP contribution is 2.47. The lowest BCUT2D eigenvalue weighted by molar-refractivity contribution is 0.186. The number of rotatable bonds is 2. The van der Waals surface area contributed by atoms with Crippen molar-refractivity contribution in [1.82, 2.24) is 0 Å². The van der Waals surface area contributed by atoms with Gasteiger partial charge in [0.15, 0.2) is 0 Å². The van der Waals surface area contributed by atoms with E-state index in [0.29, 0.717) is 17.3 Å². The van der Waals surface area contributed by atoms with Gasteiger partial charge in [0.2, 0.25) is 0 Å². The molecule has 0 unspecified atom stereocenters. The van der Waals surface area contributed by atoms with E-state index in [2.05, 4.69) is 45.9 Å². The van der Waals surface area contributed by atoms with E-state index in [1.54, 1.807) is 0 Å². The van der Waals surface area contributed by atoms with Gasteiger partial charge < -0.3 is 0 Å². The Labute approximate surface area is 107 Å². The lowest BCUT2D eigenvalue weighted by Crippen LogP contribution is -2.41. The summed E-state index contributed by atoms with van der Waals surface area (Å²) in [7, 11) is 6.00. The van der Waals surface area contributed by atoms with E-state index in [4.69, 9.17) is 7.85 Å². The molecule has 0 saturated heterocycles. The Morgan fingerprint density at radius 1 is 1.12 bits per heavy atom. The van der Waals surface area contributed by atoms with E-state index in [-0.39, 0.29) is 0 Å². The molecule has 0 fully saturated rings. The fraction of sp³-hybridized carbons (Fsp3) is 0.625. The van der Waals surface area contributed by atoms with Crippen molar-refractivity contribution in [2.75, 3.05) is 0 Å². The van der Waals surface area contributed by atoms with Crippen LogP contribution in [0, 0.1) is 11.8 Å². The third-order valence-electron chi connectivity index (χ3n) is 4.73. The fourth-order valence-corrected chi connectivity index (χ4v) is 3.82. The second kappa shape index (κ2) is 4.51. The average Bonchev–Trinajstić information content (AvgIpc) is 2.27. The van der Waals surface area contributed by atoms with Crippen LogP contribution in [0.2, 0.25) is 0 Å². The zero-order valence-corrected chi connectivity index (χ0v) is 11.6. The third-order valence-corrected chi connectivity index (χ3v) is 4.73. The summed E-state index contributed by atoms with van der Waals surface area (Å²) >= 11 is 0. The molecule has 0 amide bonds. The lowest BCUT2D eigenvalue weighted by Gasteiger charge is -2.46. The van der Waals surface area contributed by atoms with Crippen molar-refractivity contribution in [3.63, 3.8) is 0 Å². The van der Waals surface area contributed by atoms with E-state index in [1.165, 1.54) is 30.4 Å². The van der Waals surface area contributed by atoms with Gasteiger partial charge in [-0.15, -0.1) is 0 Å². The Kier molecular flexibility index (Phi) is 3.38. The monoisotopic (exact) mass is 226 g/mol.